The fourth-order valence-corrected chi connectivity index (χ4v) is 3.32. The van der Waals surface area contributed by atoms with Crippen LogP contribution in [0.25, 0.3) is 11.0 Å². The van der Waals surface area contributed by atoms with E-state index in [-0.39, 0.29) is 33.3 Å². The Morgan fingerprint density at radius 2 is 1.67 bits per heavy atom. The lowest BCUT2D eigenvalue weighted by Crippen LogP contribution is -2.17. The number of benzene rings is 3. The van der Waals surface area contributed by atoms with Gasteiger partial charge in [0.15, 0.2) is 5.78 Å². The first kappa shape index (κ1) is 21.9. The third-order valence-corrected chi connectivity index (χ3v) is 4.93. The molecule has 0 radical (unpaired) electrons. The minimum Gasteiger partial charge on any atom is -0.465 e. The molecule has 8 nitrogen and oxygen atoms in total. The highest BCUT2D eigenvalue weighted by Gasteiger charge is 2.20. The summed E-state index contributed by atoms with van der Waals surface area (Å²) in [6.07, 6.45) is -1.30. The smallest absolute Gasteiger partial charge is 0.411 e. The Morgan fingerprint density at radius 1 is 0.939 bits per heavy atom. The van der Waals surface area contributed by atoms with Crippen molar-refractivity contribution in [1.82, 2.24) is 9.97 Å². The van der Waals surface area contributed by atoms with E-state index >= 15 is 0 Å². The predicted molar refractivity (Wildman–Crippen MR) is 117 cm³/mol. The van der Waals surface area contributed by atoms with Gasteiger partial charge < -0.3 is 15.4 Å². The monoisotopic (exact) mass is 470 g/mol. The molecule has 1 aromatic heterocycles. The number of amides is 2. The molecular weight excluding hydrogens is 458 g/mol. The number of H-pyrrole nitrogens is 1. The largest absolute Gasteiger partial charge is 0.465 e. The van der Waals surface area contributed by atoms with E-state index in [0.717, 1.165) is 6.07 Å². The van der Waals surface area contributed by atoms with Crippen LogP contribution in [0.3, 0.4) is 0 Å². The van der Waals surface area contributed by atoms with Gasteiger partial charge in [-0.2, -0.15) is 0 Å². The third kappa shape index (κ3) is 4.51. The minimum atomic E-state index is -1.30. The number of nitrogens with one attached hydrogen (secondary N) is 3. The van der Waals surface area contributed by atoms with E-state index in [1.165, 1.54) is 36.4 Å². The van der Waals surface area contributed by atoms with E-state index in [1.54, 1.807) is 6.07 Å². The van der Waals surface area contributed by atoms with Gasteiger partial charge in [0.2, 0.25) is 5.95 Å². The first-order valence-electron chi connectivity index (χ1n) is 9.32. The summed E-state index contributed by atoms with van der Waals surface area (Å²) < 4.78 is 27.4. The number of hydrogen-bond donors (Lipinski definition) is 4. The van der Waals surface area contributed by atoms with Crippen LogP contribution in [0.15, 0.2) is 54.6 Å². The van der Waals surface area contributed by atoms with E-state index in [0.29, 0.717) is 17.1 Å². The maximum absolute atomic E-state index is 14.0. The number of halogens is 3. The van der Waals surface area contributed by atoms with Crippen molar-refractivity contribution in [2.45, 2.75) is 0 Å². The Morgan fingerprint density at radius 3 is 2.39 bits per heavy atom. The Hall–Kier alpha value is -4.31. The Bertz CT molecular complexity index is 1440. The van der Waals surface area contributed by atoms with Crippen LogP contribution in [0, 0.1) is 11.6 Å². The molecule has 2 amide bonds. The highest BCUT2D eigenvalue weighted by molar-refractivity contribution is 6.31. The number of carboxylic acid groups (broad SMARTS) is 1. The summed E-state index contributed by atoms with van der Waals surface area (Å²) in [6, 6.07) is 11.8. The normalized spacial score (nSPS) is 10.8. The molecule has 166 valence electrons. The molecule has 11 heteroatoms. The number of fused-ring (bicyclic) bond motifs is 1. The summed E-state index contributed by atoms with van der Waals surface area (Å²) >= 11 is 5.66. The van der Waals surface area contributed by atoms with E-state index in [2.05, 4.69) is 20.6 Å². The highest BCUT2D eigenvalue weighted by atomic mass is 35.5. The summed E-state index contributed by atoms with van der Waals surface area (Å²) in [4.78, 5) is 43.5. The number of ketones is 1. The van der Waals surface area contributed by atoms with Gasteiger partial charge in [-0.25, -0.2) is 18.6 Å². The van der Waals surface area contributed by atoms with Crippen LogP contribution < -0.4 is 10.6 Å². The van der Waals surface area contributed by atoms with Crippen molar-refractivity contribution in [2.75, 3.05) is 10.6 Å². The van der Waals surface area contributed by atoms with Crippen LogP contribution in [0.5, 0.6) is 0 Å². The Balaban J connectivity index is 1.65. The number of anilines is 2. The van der Waals surface area contributed by atoms with E-state index in [1.807, 2.05) is 0 Å². The first-order valence-corrected chi connectivity index (χ1v) is 9.70. The van der Waals surface area contributed by atoms with Crippen LogP contribution in [-0.4, -0.2) is 32.9 Å². The molecule has 0 unspecified atom stereocenters. The Labute approximate surface area is 189 Å². The lowest BCUT2D eigenvalue weighted by molar-refractivity contribution is 0.0996. The first-order chi connectivity index (χ1) is 15.7. The molecule has 0 saturated heterocycles. The molecule has 4 N–H and O–H groups in total. The second kappa shape index (κ2) is 8.67. The number of nitrogens with zero attached hydrogens (tertiary/aromatic N) is 1. The fraction of sp³-hybridized carbons (Fsp3) is 0. The van der Waals surface area contributed by atoms with Gasteiger partial charge in [-0.05, 0) is 30.3 Å². The minimum absolute atomic E-state index is 0.0122. The summed E-state index contributed by atoms with van der Waals surface area (Å²) in [5.74, 6) is -3.32. The number of aromatic nitrogens is 2. The SMILES string of the molecule is O=C(O)Nc1nc2ccc(C(=O)c3ccccc3C(=O)Nc3cc(Cl)c(F)cc3F)cc2[nH]1. The van der Waals surface area contributed by atoms with E-state index < -0.39 is 29.4 Å². The molecular formula is C22H13ClF2N4O4. The summed E-state index contributed by atoms with van der Waals surface area (Å²) in [5.41, 5.74) is 0.668. The van der Waals surface area contributed by atoms with Crippen molar-refractivity contribution in [3.05, 3.63) is 87.9 Å². The summed E-state index contributed by atoms with van der Waals surface area (Å²) in [6.45, 7) is 0. The van der Waals surface area contributed by atoms with Gasteiger partial charge in [0.25, 0.3) is 5.91 Å². The second-order valence-electron chi connectivity index (χ2n) is 6.82. The molecule has 33 heavy (non-hydrogen) atoms. The topological polar surface area (TPSA) is 124 Å². The fourth-order valence-electron chi connectivity index (χ4n) is 3.15. The lowest BCUT2D eigenvalue weighted by Gasteiger charge is -2.11. The molecule has 0 atom stereocenters. The predicted octanol–water partition coefficient (Wildman–Crippen LogP) is 5.07. The Kier molecular flexibility index (Phi) is 5.76. The van der Waals surface area contributed by atoms with Crippen LogP contribution in [-0.2, 0) is 0 Å². The van der Waals surface area contributed by atoms with Crippen molar-refractivity contribution in [1.29, 1.82) is 0 Å². The molecule has 0 aliphatic carbocycles. The van der Waals surface area contributed by atoms with Gasteiger partial charge >= 0.3 is 6.09 Å². The van der Waals surface area contributed by atoms with Crippen LogP contribution in [0.4, 0.5) is 25.2 Å². The maximum atomic E-state index is 14.0. The zero-order valence-corrected chi connectivity index (χ0v) is 17.2. The molecule has 1 heterocycles. The van der Waals surface area contributed by atoms with Crippen LogP contribution in [0.2, 0.25) is 5.02 Å². The number of carbonyl (C=O) groups is 3. The quantitative estimate of drug-likeness (QED) is 0.239. The van der Waals surface area contributed by atoms with Crippen molar-refractivity contribution in [3.8, 4) is 0 Å². The van der Waals surface area contributed by atoms with Gasteiger partial charge in [-0.1, -0.05) is 29.8 Å². The van der Waals surface area contributed by atoms with Crippen LogP contribution >= 0.6 is 11.6 Å². The molecule has 0 saturated carbocycles. The van der Waals surface area contributed by atoms with Gasteiger partial charge in [0.1, 0.15) is 11.6 Å². The molecule has 0 fully saturated rings. The van der Waals surface area contributed by atoms with E-state index in [4.69, 9.17) is 16.7 Å². The molecule has 0 aliphatic heterocycles. The van der Waals surface area contributed by atoms with Crippen molar-refractivity contribution >= 4 is 52.1 Å². The number of hydrogen-bond acceptors (Lipinski definition) is 4. The van der Waals surface area contributed by atoms with E-state index in [9.17, 15) is 23.2 Å². The van der Waals surface area contributed by atoms with Crippen molar-refractivity contribution in [3.63, 3.8) is 0 Å². The molecule has 4 rings (SSSR count). The highest BCUT2D eigenvalue weighted by Crippen LogP contribution is 2.25. The maximum Gasteiger partial charge on any atom is 0.411 e. The zero-order valence-electron chi connectivity index (χ0n) is 16.4. The van der Waals surface area contributed by atoms with Gasteiger partial charge in [-0.15, -0.1) is 0 Å². The number of rotatable bonds is 5. The molecule has 0 aliphatic rings. The molecule has 0 spiro atoms. The second-order valence-corrected chi connectivity index (χ2v) is 7.23. The number of imidazole rings is 1. The average Bonchev–Trinajstić information content (AvgIpc) is 3.17. The van der Waals surface area contributed by atoms with Gasteiger partial charge in [-0.3, -0.25) is 14.9 Å². The number of aromatic amines is 1. The summed E-state index contributed by atoms with van der Waals surface area (Å²) in [7, 11) is 0. The lowest BCUT2D eigenvalue weighted by atomic mass is 9.97. The molecule has 4 aromatic rings. The number of carbonyl (C=O) groups excluding carboxylic acids is 2. The van der Waals surface area contributed by atoms with Crippen molar-refractivity contribution in [2.24, 2.45) is 0 Å². The van der Waals surface area contributed by atoms with Crippen LogP contribution in [0.1, 0.15) is 26.3 Å². The van der Waals surface area contributed by atoms with Crippen molar-refractivity contribution < 1.29 is 28.3 Å². The summed E-state index contributed by atoms with van der Waals surface area (Å²) in [5, 5.41) is 12.8. The molecule has 3 aromatic carbocycles. The molecule has 0 bridgehead atoms. The average molecular weight is 471 g/mol. The third-order valence-electron chi connectivity index (χ3n) is 4.64. The van der Waals surface area contributed by atoms with Gasteiger partial charge in [0.05, 0.1) is 27.3 Å². The zero-order chi connectivity index (χ0) is 23.7. The standard InChI is InChI=1S/C22H13ClF2N4O4/c23-13-8-17(15(25)9-14(13)24)26-20(31)12-4-2-1-3-11(12)19(30)10-5-6-16-18(7-10)28-21(27-16)29-22(32)33/h1-9H,(H,26,31)(H,32,33)(H2,27,28,29). The van der Waals surface area contributed by atoms with Gasteiger partial charge in [0, 0.05) is 17.2 Å².